The Morgan fingerprint density at radius 2 is 1.71 bits per heavy atom. The third-order valence-electron chi connectivity index (χ3n) is 3.27. The maximum atomic E-state index is 12.9. The summed E-state index contributed by atoms with van der Waals surface area (Å²) < 4.78 is 77.1. The molecule has 9 heteroatoms. The maximum Gasteiger partial charge on any atom is 0.417 e. The molecule has 2 rings (SSSR count). The van der Waals surface area contributed by atoms with Crippen molar-refractivity contribution < 1.29 is 26.3 Å². The van der Waals surface area contributed by atoms with Gasteiger partial charge in [-0.15, -0.1) is 0 Å². The number of rotatable bonds is 3. The van der Waals surface area contributed by atoms with Crippen molar-refractivity contribution in [2.75, 3.05) is 5.32 Å². The summed E-state index contributed by atoms with van der Waals surface area (Å²) in [6.45, 7) is 0. The molecule has 116 valence electrons. The fourth-order valence-corrected chi connectivity index (χ4v) is 2.13. The van der Waals surface area contributed by atoms with E-state index in [1.54, 1.807) is 0 Å². The zero-order chi connectivity index (χ0) is 16.1. The highest BCUT2D eigenvalue weighted by Gasteiger charge is 2.63. The van der Waals surface area contributed by atoms with E-state index in [1.165, 1.54) is 0 Å². The third-order valence-corrected chi connectivity index (χ3v) is 3.49. The van der Waals surface area contributed by atoms with Crippen molar-refractivity contribution in [3.05, 3.63) is 29.3 Å². The molecule has 0 heterocycles. The van der Waals surface area contributed by atoms with E-state index >= 15 is 0 Å². The van der Waals surface area contributed by atoms with Gasteiger partial charge in [-0.25, -0.2) is 0 Å². The average Bonchev–Trinajstić information content (AvgIpc) is 3.07. The lowest BCUT2D eigenvalue weighted by atomic mass is 10.1. The second kappa shape index (κ2) is 4.75. The van der Waals surface area contributed by atoms with E-state index in [9.17, 15) is 26.3 Å². The van der Waals surface area contributed by atoms with Gasteiger partial charge in [-0.2, -0.15) is 26.3 Å². The molecule has 21 heavy (non-hydrogen) atoms. The Hall–Kier alpha value is -1.51. The van der Waals surface area contributed by atoms with E-state index in [1.807, 2.05) is 0 Å². The number of hydrogen-bond donors (Lipinski definition) is 2. The van der Waals surface area contributed by atoms with Crippen molar-refractivity contribution in [3.63, 3.8) is 0 Å². The predicted octanol–water partition coefficient (Wildman–Crippen LogP) is 3.85. The zero-order valence-electron chi connectivity index (χ0n) is 10.4. The molecule has 0 saturated heterocycles. The van der Waals surface area contributed by atoms with Crippen LogP contribution >= 0.6 is 12.2 Å². The summed E-state index contributed by atoms with van der Waals surface area (Å²) in [6, 6.07) is 2.68. The van der Waals surface area contributed by atoms with Crippen molar-refractivity contribution in [2.24, 2.45) is 5.73 Å². The van der Waals surface area contributed by atoms with Crippen molar-refractivity contribution in [1.82, 2.24) is 0 Å². The molecular weight excluding hydrogens is 318 g/mol. The predicted molar refractivity (Wildman–Crippen MR) is 69.0 cm³/mol. The first-order valence-corrected chi connectivity index (χ1v) is 6.23. The number of halogens is 6. The lowest BCUT2D eigenvalue weighted by Crippen LogP contribution is -2.38. The Morgan fingerprint density at radius 3 is 2.10 bits per heavy atom. The smallest absolute Gasteiger partial charge is 0.389 e. The summed E-state index contributed by atoms with van der Waals surface area (Å²) in [5, 5.41) is 2.14. The molecule has 0 spiro atoms. The number of anilines is 1. The number of benzene rings is 1. The lowest BCUT2D eigenvalue weighted by molar-refractivity contribution is -0.151. The largest absolute Gasteiger partial charge is 0.417 e. The van der Waals surface area contributed by atoms with Crippen LogP contribution in [0.2, 0.25) is 0 Å². The van der Waals surface area contributed by atoms with Crippen LogP contribution in [0.1, 0.15) is 24.0 Å². The zero-order valence-corrected chi connectivity index (χ0v) is 11.2. The molecule has 1 fully saturated rings. The SMILES string of the molecule is NC(=S)c1ccc(NC2(C(F)(F)F)CC2)cc1C(F)(F)F. The highest BCUT2D eigenvalue weighted by atomic mass is 32.1. The van der Waals surface area contributed by atoms with Gasteiger partial charge in [-0.3, -0.25) is 0 Å². The van der Waals surface area contributed by atoms with Gasteiger partial charge < -0.3 is 11.1 Å². The first-order valence-electron chi connectivity index (χ1n) is 5.82. The van der Waals surface area contributed by atoms with E-state index in [4.69, 9.17) is 5.73 Å². The van der Waals surface area contributed by atoms with Gasteiger partial charge in [-0.1, -0.05) is 12.2 Å². The number of alkyl halides is 6. The molecule has 0 aromatic heterocycles. The summed E-state index contributed by atoms with van der Waals surface area (Å²) in [4.78, 5) is -0.467. The number of nitrogens with two attached hydrogens (primary N) is 1. The van der Waals surface area contributed by atoms with Crippen LogP contribution in [0.3, 0.4) is 0 Å². The fraction of sp³-hybridized carbons (Fsp3) is 0.417. The van der Waals surface area contributed by atoms with Gasteiger partial charge in [0.15, 0.2) is 0 Å². The summed E-state index contributed by atoms with van der Waals surface area (Å²) in [5.41, 5.74) is 1.22. The molecule has 0 bridgehead atoms. The second-order valence-corrected chi connectivity index (χ2v) is 5.27. The average molecular weight is 328 g/mol. The Bertz CT molecular complexity index is 574. The monoisotopic (exact) mass is 328 g/mol. The number of thiocarbonyl (C=S) groups is 1. The molecule has 0 unspecified atom stereocenters. The van der Waals surface area contributed by atoms with Crippen LogP contribution in [0.25, 0.3) is 0 Å². The van der Waals surface area contributed by atoms with Crippen LogP contribution in [0.5, 0.6) is 0 Å². The number of hydrogen-bond acceptors (Lipinski definition) is 2. The Kier molecular flexibility index (Phi) is 3.59. The minimum atomic E-state index is -4.76. The van der Waals surface area contributed by atoms with Crippen LogP contribution in [0, 0.1) is 0 Å². The highest BCUT2D eigenvalue weighted by molar-refractivity contribution is 7.80. The van der Waals surface area contributed by atoms with Crippen LogP contribution in [0.4, 0.5) is 32.0 Å². The maximum absolute atomic E-state index is 12.9. The molecule has 3 N–H and O–H groups in total. The van der Waals surface area contributed by atoms with Gasteiger partial charge in [0.1, 0.15) is 10.5 Å². The third kappa shape index (κ3) is 3.07. The molecule has 0 amide bonds. The minimum Gasteiger partial charge on any atom is -0.389 e. The van der Waals surface area contributed by atoms with Crippen LogP contribution < -0.4 is 11.1 Å². The van der Waals surface area contributed by atoms with Crippen molar-refractivity contribution in [3.8, 4) is 0 Å². The summed E-state index contributed by atoms with van der Waals surface area (Å²) in [5.74, 6) is 0. The van der Waals surface area contributed by atoms with Gasteiger partial charge in [-0.05, 0) is 31.0 Å². The van der Waals surface area contributed by atoms with Gasteiger partial charge in [0.05, 0.1) is 5.56 Å². The van der Waals surface area contributed by atoms with Gasteiger partial charge in [0, 0.05) is 11.3 Å². The van der Waals surface area contributed by atoms with Crippen molar-refractivity contribution in [1.29, 1.82) is 0 Å². The van der Waals surface area contributed by atoms with E-state index in [-0.39, 0.29) is 18.5 Å². The minimum absolute atomic E-state index is 0.172. The van der Waals surface area contributed by atoms with Gasteiger partial charge >= 0.3 is 12.4 Å². The summed E-state index contributed by atoms with van der Waals surface area (Å²) in [6.07, 6.45) is -9.62. The molecule has 0 aliphatic heterocycles. The normalized spacial score (nSPS) is 17.4. The lowest BCUT2D eigenvalue weighted by Gasteiger charge is -2.23. The van der Waals surface area contributed by atoms with E-state index < -0.39 is 34.0 Å². The Balaban J connectivity index is 2.38. The Labute approximate surface area is 121 Å². The highest BCUT2D eigenvalue weighted by Crippen LogP contribution is 2.51. The molecule has 1 aromatic carbocycles. The standard InChI is InChI=1S/C12H10F6N2S/c13-11(14,15)8-5-6(1-2-7(8)9(19)21)20-10(3-4-10)12(16,17)18/h1-2,5,20H,3-4H2,(H2,19,21). The first-order chi connectivity index (χ1) is 9.46. The summed E-state index contributed by atoms with van der Waals surface area (Å²) in [7, 11) is 0. The van der Waals surface area contributed by atoms with Crippen molar-refractivity contribution in [2.45, 2.75) is 30.7 Å². The molecule has 0 radical (unpaired) electrons. The van der Waals surface area contributed by atoms with E-state index in [2.05, 4.69) is 17.5 Å². The summed E-state index contributed by atoms with van der Waals surface area (Å²) >= 11 is 4.52. The molecular formula is C12H10F6N2S. The Morgan fingerprint density at radius 1 is 1.14 bits per heavy atom. The topological polar surface area (TPSA) is 38.0 Å². The molecule has 0 atom stereocenters. The fourth-order valence-electron chi connectivity index (χ4n) is 1.95. The molecule has 1 aromatic rings. The number of nitrogens with one attached hydrogen (secondary N) is 1. The van der Waals surface area contributed by atoms with Gasteiger partial charge in [0.25, 0.3) is 0 Å². The first kappa shape index (κ1) is 15.9. The second-order valence-electron chi connectivity index (χ2n) is 4.83. The quantitative estimate of drug-likeness (QED) is 0.654. The van der Waals surface area contributed by atoms with E-state index in [0.29, 0.717) is 6.07 Å². The van der Waals surface area contributed by atoms with Crippen LogP contribution in [0.15, 0.2) is 18.2 Å². The molecule has 2 nitrogen and oxygen atoms in total. The van der Waals surface area contributed by atoms with E-state index in [0.717, 1.165) is 12.1 Å². The van der Waals surface area contributed by atoms with Crippen LogP contribution in [-0.4, -0.2) is 16.7 Å². The molecule has 1 aliphatic rings. The van der Waals surface area contributed by atoms with Gasteiger partial charge in [0.2, 0.25) is 0 Å². The van der Waals surface area contributed by atoms with Crippen molar-refractivity contribution >= 4 is 22.9 Å². The molecule has 1 saturated carbocycles. The molecule has 1 aliphatic carbocycles. The van der Waals surface area contributed by atoms with Crippen LogP contribution in [-0.2, 0) is 6.18 Å².